The second-order valence-corrected chi connectivity index (χ2v) is 10.5. The van der Waals surface area contributed by atoms with Gasteiger partial charge in [0.25, 0.3) is 0 Å². The second kappa shape index (κ2) is 11.0. The minimum atomic E-state index is 0.176. The predicted octanol–water partition coefficient (Wildman–Crippen LogP) is 9.93. The largest absolute Gasteiger partial charge is 0.0654 e. The van der Waals surface area contributed by atoms with E-state index in [0.29, 0.717) is 0 Å². The standard InChI is InChI=1S/C29H41Br/c1-5-9-13-22(7-3)20-29(21-23(8-4)14-10-6-2)27-16-12-11-15-25(27)26-19-24(30)17-18-28(26)29/h11-12,15-19,22-23H,5-10,13-14,20-21H2,1-4H3. The lowest BCUT2D eigenvalue weighted by Gasteiger charge is -2.38. The average molecular weight is 470 g/mol. The van der Waals surface area contributed by atoms with Gasteiger partial charge in [0.05, 0.1) is 0 Å². The van der Waals surface area contributed by atoms with Crippen molar-refractivity contribution in [2.45, 2.75) is 97.3 Å². The zero-order chi connectivity index (χ0) is 21.6. The van der Waals surface area contributed by atoms with Gasteiger partial charge in [-0.1, -0.05) is 125 Å². The lowest BCUT2D eigenvalue weighted by Crippen LogP contribution is -2.31. The smallest absolute Gasteiger partial charge is 0.0220 e. The van der Waals surface area contributed by atoms with Crippen LogP contribution in [-0.2, 0) is 5.41 Å². The molecule has 164 valence electrons. The first-order valence-electron chi connectivity index (χ1n) is 12.5. The van der Waals surface area contributed by atoms with Crippen LogP contribution in [0, 0.1) is 11.8 Å². The van der Waals surface area contributed by atoms with Gasteiger partial charge in [-0.2, -0.15) is 0 Å². The quantitative estimate of drug-likeness (QED) is 0.290. The summed E-state index contributed by atoms with van der Waals surface area (Å²) in [6.45, 7) is 9.48. The molecular formula is C29H41Br. The lowest BCUT2D eigenvalue weighted by atomic mass is 9.65. The van der Waals surface area contributed by atoms with Gasteiger partial charge in [0.15, 0.2) is 0 Å². The molecule has 2 aromatic carbocycles. The summed E-state index contributed by atoms with van der Waals surface area (Å²) >= 11 is 3.75. The van der Waals surface area contributed by atoms with E-state index in [-0.39, 0.29) is 5.41 Å². The minimum absolute atomic E-state index is 0.176. The normalized spacial score (nSPS) is 19.4. The highest BCUT2D eigenvalue weighted by atomic mass is 79.9. The Morgan fingerprint density at radius 2 is 1.30 bits per heavy atom. The van der Waals surface area contributed by atoms with Gasteiger partial charge >= 0.3 is 0 Å². The fraction of sp³-hybridized carbons (Fsp3) is 0.586. The number of benzene rings is 2. The van der Waals surface area contributed by atoms with E-state index in [1.165, 1.54) is 79.8 Å². The van der Waals surface area contributed by atoms with Gasteiger partial charge in [-0.05, 0) is 59.1 Å². The van der Waals surface area contributed by atoms with Gasteiger partial charge in [-0.25, -0.2) is 0 Å². The van der Waals surface area contributed by atoms with E-state index >= 15 is 0 Å². The maximum absolute atomic E-state index is 3.75. The molecule has 0 saturated carbocycles. The Bertz CT molecular complexity index is 788. The molecule has 0 N–H and O–H groups in total. The number of unbranched alkanes of at least 4 members (excludes halogenated alkanes) is 2. The molecule has 2 atom stereocenters. The van der Waals surface area contributed by atoms with Crippen LogP contribution < -0.4 is 0 Å². The molecule has 0 saturated heterocycles. The van der Waals surface area contributed by atoms with Crippen molar-refractivity contribution in [3.8, 4) is 11.1 Å². The van der Waals surface area contributed by atoms with E-state index in [1.807, 2.05) is 0 Å². The predicted molar refractivity (Wildman–Crippen MR) is 136 cm³/mol. The van der Waals surface area contributed by atoms with Crippen LogP contribution >= 0.6 is 15.9 Å². The molecule has 2 unspecified atom stereocenters. The number of rotatable bonds is 12. The van der Waals surface area contributed by atoms with E-state index in [9.17, 15) is 0 Å². The van der Waals surface area contributed by atoms with Crippen LogP contribution in [0.4, 0.5) is 0 Å². The van der Waals surface area contributed by atoms with Gasteiger partial charge in [-0.3, -0.25) is 0 Å². The number of hydrogen-bond donors (Lipinski definition) is 0. The fourth-order valence-electron chi connectivity index (χ4n) is 5.83. The van der Waals surface area contributed by atoms with Crippen molar-refractivity contribution < 1.29 is 0 Å². The van der Waals surface area contributed by atoms with Crippen molar-refractivity contribution >= 4 is 15.9 Å². The Kier molecular flexibility index (Phi) is 8.63. The minimum Gasteiger partial charge on any atom is -0.0654 e. The second-order valence-electron chi connectivity index (χ2n) is 9.56. The first kappa shape index (κ1) is 23.6. The zero-order valence-corrected chi connectivity index (χ0v) is 21.2. The van der Waals surface area contributed by atoms with E-state index < -0.39 is 0 Å². The number of halogens is 1. The molecule has 0 aliphatic heterocycles. The molecule has 0 nitrogen and oxygen atoms in total. The Morgan fingerprint density at radius 1 is 0.733 bits per heavy atom. The number of hydrogen-bond acceptors (Lipinski definition) is 0. The van der Waals surface area contributed by atoms with Crippen molar-refractivity contribution in [2.75, 3.05) is 0 Å². The van der Waals surface area contributed by atoms with Crippen molar-refractivity contribution in [1.29, 1.82) is 0 Å². The summed E-state index contributed by atoms with van der Waals surface area (Å²) in [5.74, 6) is 1.60. The molecule has 0 amide bonds. The molecule has 30 heavy (non-hydrogen) atoms. The maximum atomic E-state index is 3.75. The molecule has 0 bridgehead atoms. The first-order valence-corrected chi connectivity index (χ1v) is 13.3. The summed E-state index contributed by atoms with van der Waals surface area (Å²) < 4.78 is 1.20. The van der Waals surface area contributed by atoms with E-state index in [0.717, 1.165) is 11.8 Å². The highest BCUT2D eigenvalue weighted by Crippen LogP contribution is 2.56. The van der Waals surface area contributed by atoms with Crippen LogP contribution in [0.1, 0.15) is 103 Å². The summed E-state index contributed by atoms with van der Waals surface area (Å²) in [6, 6.07) is 16.4. The average Bonchev–Trinajstić information content (AvgIpc) is 3.03. The SMILES string of the molecule is CCCCC(CC)CC1(CC(CC)CCCC)c2ccccc2-c2cc(Br)ccc21. The molecule has 3 rings (SSSR count). The molecular weight excluding hydrogens is 428 g/mol. The Morgan fingerprint density at radius 3 is 1.87 bits per heavy atom. The first-order chi connectivity index (χ1) is 14.6. The summed E-state index contributed by atoms with van der Waals surface area (Å²) in [7, 11) is 0. The van der Waals surface area contributed by atoms with Crippen molar-refractivity contribution in [3.05, 3.63) is 58.1 Å². The highest BCUT2D eigenvalue weighted by Gasteiger charge is 2.44. The van der Waals surface area contributed by atoms with Gasteiger partial charge in [0, 0.05) is 9.89 Å². The van der Waals surface area contributed by atoms with Crippen molar-refractivity contribution in [2.24, 2.45) is 11.8 Å². The third-order valence-electron chi connectivity index (χ3n) is 7.59. The van der Waals surface area contributed by atoms with Gasteiger partial charge in [0.1, 0.15) is 0 Å². The zero-order valence-electron chi connectivity index (χ0n) is 19.6. The summed E-state index contributed by atoms with van der Waals surface area (Å²) in [6.07, 6.45) is 13.3. The van der Waals surface area contributed by atoms with Crippen LogP contribution in [0.3, 0.4) is 0 Å². The summed E-state index contributed by atoms with van der Waals surface area (Å²) in [5, 5.41) is 0. The van der Waals surface area contributed by atoms with Gasteiger partial charge in [-0.15, -0.1) is 0 Å². The molecule has 1 aliphatic carbocycles. The summed E-state index contributed by atoms with van der Waals surface area (Å²) in [4.78, 5) is 0. The molecule has 0 radical (unpaired) electrons. The molecule has 2 aromatic rings. The highest BCUT2D eigenvalue weighted by molar-refractivity contribution is 9.10. The molecule has 1 heteroatoms. The Hall–Kier alpha value is -1.08. The third kappa shape index (κ3) is 4.87. The van der Waals surface area contributed by atoms with Crippen LogP contribution in [0.15, 0.2) is 46.9 Å². The molecule has 0 aromatic heterocycles. The third-order valence-corrected chi connectivity index (χ3v) is 8.08. The molecule has 0 heterocycles. The van der Waals surface area contributed by atoms with Gasteiger partial charge in [0.2, 0.25) is 0 Å². The summed E-state index contributed by atoms with van der Waals surface area (Å²) in [5.41, 5.74) is 6.31. The van der Waals surface area contributed by atoms with E-state index in [4.69, 9.17) is 0 Å². The Labute approximate surface area is 194 Å². The molecule has 0 spiro atoms. The van der Waals surface area contributed by atoms with Gasteiger partial charge < -0.3 is 0 Å². The topological polar surface area (TPSA) is 0 Å². The maximum Gasteiger partial charge on any atom is 0.0220 e. The van der Waals surface area contributed by atoms with E-state index in [1.54, 1.807) is 11.1 Å². The lowest BCUT2D eigenvalue weighted by molar-refractivity contribution is 0.266. The van der Waals surface area contributed by atoms with Crippen LogP contribution in [0.25, 0.3) is 11.1 Å². The van der Waals surface area contributed by atoms with Crippen LogP contribution in [0.2, 0.25) is 0 Å². The Balaban J connectivity index is 2.11. The number of fused-ring (bicyclic) bond motifs is 3. The molecule has 0 fully saturated rings. The molecule has 1 aliphatic rings. The van der Waals surface area contributed by atoms with Crippen molar-refractivity contribution in [1.82, 2.24) is 0 Å². The monoisotopic (exact) mass is 468 g/mol. The van der Waals surface area contributed by atoms with Crippen LogP contribution in [0.5, 0.6) is 0 Å². The van der Waals surface area contributed by atoms with E-state index in [2.05, 4.69) is 86.1 Å². The van der Waals surface area contributed by atoms with Crippen molar-refractivity contribution in [3.63, 3.8) is 0 Å². The fourth-order valence-corrected chi connectivity index (χ4v) is 6.19. The van der Waals surface area contributed by atoms with Crippen LogP contribution in [-0.4, -0.2) is 0 Å².